The highest BCUT2D eigenvalue weighted by atomic mass is 79.9. The maximum absolute atomic E-state index is 13.3. The predicted molar refractivity (Wildman–Crippen MR) is 85.6 cm³/mol. The first-order chi connectivity index (χ1) is 9.40. The lowest BCUT2D eigenvalue weighted by molar-refractivity contribution is 0.102. The summed E-state index contributed by atoms with van der Waals surface area (Å²) in [6.45, 7) is 0. The molecule has 0 heterocycles. The summed E-state index contributed by atoms with van der Waals surface area (Å²) in [5, 5.41) is 2.44. The summed E-state index contributed by atoms with van der Waals surface area (Å²) in [5.41, 5.74) is 6.75. The van der Waals surface area contributed by atoms with Crippen molar-refractivity contribution in [2.75, 3.05) is 11.1 Å². The topological polar surface area (TPSA) is 55.1 Å². The van der Waals surface area contributed by atoms with E-state index in [9.17, 15) is 9.18 Å². The van der Waals surface area contributed by atoms with Gasteiger partial charge >= 0.3 is 0 Å². The van der Waals surface area contributed by atoms with E-state index in [-0.39, 0.29) is 10.6 Å². The van der Waals surface area contributed by atoms with E-state index in [1.54, 1.807) is 12.1 Å². The van der Waals surface area contributed by atoms with Gasteiger partial charge in [0.2, 0.25) is 0 Å². The Balaban J connectivity index is 2.36. The van der Waals surface area contributed by atoms with Crippen molar-refractivity contribution in [3.8, 4) is 0 Å². The average molecular weight is 422 g/mol. The van der Waals surface area contributed by atoms with Crippen molar-refractivity contribution >= 4 is 60.7 Å². The standard InChI is InChI=1S/C13H8Br2ClFN2O/c14-8-4-6(18)5-9(15)12(8)19-13(20)7-2-1-3-10(17)11(7)16/h1-5H,18H2,(H,19,20). The van der Waals surface area contributed by atoms with Crippen molar-refractivity contribution in [1.29, 1.82) is 0 Å². The minimum Gasteiger partial charge on any atom is -0.399 e. The molecule has 0 radical (unpaired) electrons. The summed E-state index contributed by atoms with van der Waals surface area (Å²) in [5.74, 6) is -1.16. The Morgan fingerprint density at radius 1 is 1.25 bits per heavy atom. The van der Waals surface area contributed by atoms with Gasteiger partial charge in [0.15, 0.2) is 0 Å². The van der Waals surface area contributed by atoms with E-state index >= 15 is 0 Å². The molecule has 0 saturated heterocycles. The third-order valence-corrected chi connectivity index (χ3v) is 4.13. The van der Waals surface area contributed by atoms with Gasteiger partial charge in [0, 0.05) is 14.6 Å². The van der Waals surface area contributed by atoms with Gasteiger partial charge in [0.1, 0.15) is 5.82 Å². The quantitative estimate of drug-likeness (QED) is 0.681. The van der Waals surface area contributed by atoms with Gasteiger partial charge in [-0.3, -0.25) is 4.79 Å². The molecule has 0 atom stereocenters. The second-order valence-corrected chi connectivity index (χ2v) is 6.00. The Morgan fingerprint density at radius 2 is 1.85 bits per heavy atom. The Kier molecular flexibility index (Phi) is 4.67. The number of benzene rings is 2. The molecular formula is C13H8Br2ClFN2O. The van der Waals surface area contributed by atoms with Crippen molar-refractivity contribution in [2.24, 2.45) is 0 Å². The number of halogens is 4. The number of nitrogens with one attached hydrogen (secondary N) is 1. The van der Waals surface area contributed by atoms with Crippen LogP contribution in [0.3, 0.4) is 0 Å². The summed E-state index contributed by atoms with van der Waals surface area (Å²) in [6, 6.07) is 7.35. The Bertz CT molecular complexity index is 671. The van der Waals surface area contributed by atoms with Gasteiger partial charge in [0.05, 0.1) is 16.3 Å². The Labute approximate surface area is 136 Å². The van der Waals surface area contributed by atoms with E-state index < -0.39 is 11.7 Å². The molecule has 0 unspecified atom stereocenters. The van der Waals surface area contributed by atoms with Crippen LogP contribution in [0.4, 0.5) is 15.8 Å². The normalized spacial score (nSPS) is 10.4. The van der Waals surface area contributed by atoms with Crippen LogP contribution in [0.2, 0.25) is 5.02 Å². The van der Waals surface area contributed by atoms with Gasteiger partial charge in [-0.1, -0.05) is 17.7 Å². The first kappa shape index (κ1) is 15.3. The van der Waals surface area contributed by atoms with Gasteiger partial charge in [-0.05, 0) is 56.1 Å². The third kappa shape index (κ3) is 3.13. The minimum atomic E-state index is -0.644. The van der Waals surface area contributed by atoms with E-state index in [0.29, 0.717) is 20.3 Å². The molecule has 2 rings (SSSR count). The van der Waals surface area contributed by atoms with Crippen LogP contribution in [0.5, 0.6) is 0 Å². The number of carbonyl (C=O) groups excluding carboxylic acids is 1. The number of carbonyl (C=O) groups is 1. The van der Waals surface area contributed by atoms with Crippen LogP contribution >= 0.6 is 43.5 Å². The van der Waals surface area contributed by atoms with Crippen molar-refractivity contribution in [3.05, 3.63) is 55.7 Å². The lowest BCUT2D eigenvalue weighted by atomic mass is 10.2. The maximum atomic E-state index is 13.3. The van der Waals surface area contributed by atoms with Crippen LogP contribution in [0.1, 0.15) is 10.4 Å². The highest BCUT2D eigenvalue weighted by molar-refractivity contribution is 9.11. The zero-order chi connectivity index (χ0) is 14.9. The zero-order valence-electron chi connectivity index (χ0n) is 9.88. The number of nitrogens with two attached hydrogens (primary N) is 1. The molecule has 0 fully saturated rings. The van der Waals surface area contributed by atoms with Gasteiger partial charge < -0.3 is 11.1 Å². The molecule has 104 valence electrons. The monoisotopic (exact) mass is 420 g/mol. The van der Waals surface area contributed by atoms with Crippen molar-refractivity contribution in [1.82, 2.24) is 0 Å². The molecule has 0 aliphatic carbocycles. The van der Waals surface area contributed by atoms with Gasteiger partial charge in [0.25, 0.3) is 5.91 Å². The number of nitrogen functional groups attached to an aromatic ring is 1. The molecule has 0 aliphatic heterocycles. The van der Waals surface area contributed by atoms with Crippen LogP contribution in [0.15, 0.2) is 39.3 Å². The molecule has 3 N–H and O–H groups in total. The second-order valence-electron chi connectivity index (χ2n) is 3.92. The molecule has 0 bridgehead atoms. The minimum absolute atomic E-state index is 0.0577. The van der Waals surface area contributed by atoms with Crippen molar-refractivity contribution in [2.45, 2.75) is 0 Å². The fraction of sp³-hybridized carbons (Fsp3) is 0. The molecule has 0 spiro atoms. The number of anilines is 2. The van der Waals surface area contributed by atoms with Gasteiger partial charge in [-0.15, -0.1) is 0 Å². The fourth-order valence-electron chi connectivity index (χ4n) is 1.57. The Morgan fingerprint density at radius 3 is 2.45 bits per heavy atom. The molecule has 3 nitrogen and oxygen atoms in total. The highest BCUT2D eigenvalue weighted by Crippen LogP contribution is 2.34. The van der Waals surface area contributed by atoms with Crippen LogP contribution < -0.4 is 11.1 Å². The average Bonchev–Trinajstić information content (AvgIpc) is 2.36. The van der Waals surface area contributed by atoms with Crippen LogP contribution in [-0.2, 0) is 0 Å². The molecule has 2 aromatic rings. The first-order valence-corrected chi connectivity index (χ1v) is 7.36. The molecule has 0 saturated carbocycles. The van der Waals surface area contributed by atoms with Crippen molar-refractivity contribution < 1.29 is 9.18 Å². The summed E-state index contributed by atoms with van der Waals surface area (Å²) >= 11 is 12.4. The lowest BCUT2D eigenvalue weighted by Crippen LogP contribution is -2.14. The van der Waals surface area contributed by atoms with E-state index in [1.165, 1.54) is 18.2 Å². The number of rotatable bonds is 2. The first-order valence-electron chi connectivity index (χ1n) is 5.40. The summed E-state index contributed by atoms with van der Waals surface area (Å²) in [6.07, 6.45) is 0. The molecule has 7 heteroatoms. The van der Waals surface area contributed by atoms with Crippen LogP contribution in [0.25, 0.3) is 0 Å². The predicted octanol–water partition coefficient (Wildman–Crippen LogP) is 4.84. The molecule has 0 aliphatic rings. The molecule has 1 amide bonds. The summed E-state index contributed by atoms with van der Waals surface area (Å²) < 4.78 is 14.5. The van der Waals surface area contributed by atoms with E-state index in [2.05, 4.69) is 37.2 Å². The Hall–Kier alpha value is -1.11. The maximum Gasteiger partial charge on any atom is 0.257 e. The molecule has 20 heavy (non-hydrogen) atoms. The summed E-state index contributed by atoms with van der Waals surface area (Å²) in [7, 11) is 0. The van der Waals surface area contributed by atoms with Gasteiger partial charge in [-0.2, -0.15) is 0 Å². The molecular weight excluding hydrogens is 414 g/mol. The number of hydrogen-bond donors (Lipinski definition) is 2. The largest absolute Gasteiger partial charge is 0.399 e. The van der Waals surface area contributed by atoms with Crippen LogP contribution in [-0.4, -0.2) is 5.91 Å². The van der Waals surface area contributed by atoms with E-state index in [4.69, 9.17) is 17.3 Å². The summed E-state index contributed by atoms with van der Waals surface area (Å²) in [4.78, 5) is 12.1. The van der Waals surface area contributed by atoms with Gasteiger partial charge in [-0.25, -0.2) is 4.39 Å². The third-order valence-electron chi connectivity index (χ3n) is 2.50. The van der Waals surface area contributed by atoms with E-state index in [0.717, 1.165) is 0 Å². The number of amides is 1. The zero-order valence-corrected chi connectivity index (χ0v) is 13.8. The number of hydrogen-bond acceptors (Lipinski definition) is 2. The van der Waals surface area contributed by atoms with Crippen molar-refractivity contribution in [3.63, 3.8) is 0 Å². The highest BCUT2D eigenvalue weighted by Gasteiger charge is 2.16. The second kappa shape index (κ2) is 6.11. The van der Waals surface area contributed by atoms with Crippen LogP contribution in [0, 0.1) is 5.82 Å². The molecule has 2 aromatic carbocycles. The fourth-order valence-corrected chi connectivity index (χ4v) is 3.20. The molecule has 0 aromatic heterocycles. The smallest absolute Gasteiger partial charge is 0.257 e. The SMILES string of the molecule is Nc1cc(Br)c(NC(=O)c2cccc(F)c2Cl)c(Br)c1. The van der Waals surface area contributed by atoms with E-state index in [1.807, 2.05) is 0 Å². The lowest BCUT2D eigenvalue weighted by Gasteiger charge is -2.11.